The Balaban J connectivity index is 0.000000480. The van der Waals surface area contributed by atoms with Gasteiger partial charge in [0.1, 0.15) is 32.3 Å². The first kappa shape index (κ1) is 58.8. The predicted octanol–water partition coefficient (Wildman–Crippen LogP) is 4.15. The summed E-state index contributed by atoms with van der Waals surface area (Å²) in [6.07, 6.45) is 5.34. The summed E-state index contributed by atoms with van der Waals surface area (Å²) < 4.78 is 42.5. The van der Waals surface area contributed by atoms with Gasteiger partial charge in [-0.25, -0.2) is 4.79 Å². The Bertz CT molecular complexity index is 1180. The fraction of sp³-hybridized carbons (Fsp3) is 0.889. The molecule has 0 bridgehead atoms. The van der Waals surface area contributed by atoms with Gasteiger partial charge in [-0.05, 0) is 128 Å². The van der Waals surface area contributed by atoms with E-state index in [1.54, 1.807) is 4.90 Å². The van der Waals surface area contributed by atoms with E-state index < -0.39 is 12.1 Å². The van der Waals surface area contributed by atoms with E-state index >= 15 is 0 Å². The van der Waals surface area contributed by atoms with E-state index in [9.17, 15) is 24.0 Å². The number of hydrogen-bond donors (Lipinski definition) is 3. The summed E-state index contributed by atoms with van der Waals surface area (Å²) in [6.45, 7) is 28.8. The van der Waals surface area contributed by atoms with Crippen LogP contribution in [-0.4, -0.2) is 179 Å². The summed E-state index contributed by atoms with van der Waals surface area (Å²) in [4.78, 5) is 65.7. The molecule has 3 rings (SSSR count). The van der Waals surface area contributed by atoms with Crippen LogP contribution in [0, 0.1) is 0 Å². The van der Waals surface area contributed by atoms with Crippen LogP contribution in [0.3, 0.4) is 0 Å². The Kier molecular flexibility index (Phi) is 31.4. The molecule has 0 saturated carbocycles. The highest BCUT2D eigenvalue weighted by Crippen LogP contribution is 2.20. The van der Waals surface area contributed by atoms with Gasteiger partial charge < -0.3 is 58.7 Å². The number of amides is 5. The van der Waals surface area contributed by atoms with Gasteiger partial charge in [-0.15, -0.1) is 0 Å². The van der Waals surface area contributed by atoms with Gasteiger partial charge in [0.15, 0.2) is 6.79 Å². The highest BCUT2D eigenvalue weighted by molar-refractivity contribution is 5.88. The molecule has 3 N–H and O–H groups in total. The van der Waals surface area contributed by atoms with Crippen LogP contribution < -0.4 is 16.0 Å². The Labute approximate surface area is 383 Å². The normalized spacial score (nSPS) is 18.8. The average Bonchev–Trinajstić information content (AvgIpc) is 4.01. The van der Waals surface area contributed by atoms with Crippen LogP contribution in [0.15, 0.2) is 0 Å². The lowest BCUT2D eigenvalue weighted by molar-refractivity contribution is -0.140. The van der Waals surface area contributed by atoms with Gasteiger partial charge >= 0.3 is 6.09 Å². The van der Waals surface area contributed by atoms with E-state index in [1.165, 1.54) is 4.90 Å². The Morgan fingerprint density at radius 3 is 1.41 bits per heavy atom. The summed E-state index contributed by atoms with van der Waals surface area (Å²) in [5, 5.41) is 8.25. The third-order valence-electron chi connectivity index (χ3n) is 9.87. The molecular formula is C45H86N6O13. The minimum atomic E-state index is -0.516. The second-order valence-electron chi connectivity index (χ2n) is 17.4. The largest absolute Gasteiger partial charge is 0.422 e. The van der Waals surface area contributed by atoms with E-state index in [2.05, 4.69) is 20.9 Å². The van der Waals surface area contributed by atoms with Crippen molar-refractivity contribution in [3.8, 4) is 0 Å². The quantitative estimate of drug-likeness (QED) is 0.0825. The van der Waals surface area contributed by atoms with Gasteiger partial charge in [0.2, 0.25) is 23.6 Å². The number of nitrogens with zero attached hydrogens (tertiary/aromatic N) is 3. The van der Waals surface area contributed by atoms with E-state index in [-0.39, 0.29) is 99.3 Å². The smallest absolute Gasteiger partial charge is 0.412 e. The van der Waals surface area contributed by atoms with Crippen LogP contribution in [-0.2, 0) is 57.1 Å². The van der Waals surface area contributed by atoms with Crippen molar-refractivity contribution in [1.29, 1.82) is 0 Å². The minimum absolute atomic E-state index is 0.0105. The van der Waals surface area contributed by atoms with Gasteiger partial charge in [-0.3, -0.25) is 29.0 Å². The van der Waals surface area contributed by atoms with E-state index in [4.69, 9.17) is 37.9 Å². The molecule has 64 heavy (non-hydrogen) atoms. The molecule has 0 aromatic carbocycles. The van der Waals surface area contributed by atoms with Gasteiger partial charge in [-0.2, -0.15) is 0 Å². The molecule has 3 aliphatic heterocycles. The van der Waals surface area contributed by atoms with Crippen LogP contribution in [0.25, 0.3) is 0 Å². The zero-order valence-electron chi connectivity index (χ0n) is 41.3. The number of likely N-dealkylation sites (tertiary alicyclic amines) is 3. The molecule has 3 saturated heterocycles. The first-order valence-corrected chi connectivity index (χ1v) is 23.4. The van der Waals surface area contributed by atoms with Crippen molar-refractivity contribution in [3.05, 3.63) is 0 Å². The lowest BCUT2D eigenvalue weighted by atomic mass is 10.2. The maximum Gasteiger partial charge on any atom is 0.412 e. The summed E-state index contributed by atoms with van der Waals surface area (Å²) >= 11 is 0. The van der Waals surface area contributed by atoms with Crippen molar-refractivity contribution in [2.75, 3.05) is 79.6 Å². The fourth-order valence-corrected chi connectivity index (χ4v) is 6.63. The molecule has 3 unspecified atom stereocenters. The molecule has 0 aliphatic carbocycles. The lowest BCUT2D eigenvalue weighted by Crippen LogP contribution is -2.47. The zero-order chi connectivity index (χ0) is 48.0. The number of carbonyl (C=O) groups is 5. The van der Waals surface area contributed by atoms with Crippen LogP contribution >= 0.6 is 0 Å². The zero-order valence-corrected chi connectivity index (χ0v) is 41.3. The van der Waals surface area contributed by atoms with Crippen molar-refractivity contribution in [2.45, 2.75) is 183 Å². The monoisotopic (exact) mass is 919 g/mol. The first-order valence-electron chi connectivity index (χ1n) is 23.4. The number of nitrogens with one attached hydrogen (secondary N) is 3. The molecule has 3 heterocycles. The predicted molar refractivity (Wildman–Crippen MR) is 242 cm³/mol. The summed E-state index contributed by atoms with van der Waals surface area (Å²) in [5.41, 5.74) is 0. The molecule has 3 fully saturated rings. The van der Waals surface area contributed by atoms with Gasteiger partial charge in [-0.1, -0.05) is 0 Å². The van der Waals surface area contributed by atoms with E-state index in [0.717, 1.165) is 38.8 Å². The van der Waals surface area contributed by atoms with Gasteiger partial charge in [0, 0.05) is 19.6 Å². The third-order valence-corrected chi connectivity index (χ3v) is 9.87. The maximum absolute atomic E-state index is 12.2. The highest BCUT2D eigenvalue weighted by Gasteiger charge is 2.36. The van der Waals surface area contributed by atoms with Crippen LogP contribution in [0.4, 0.5) is 4.79 Å². The lowest BCUT2D eigenvalue weighted by Gasteiger charge is -2.24. The maximum atomic E-state index is 12.2. The van der Waals surface area contributed by atoms with Crippen LogP contribution in [0.1, 0.15) is 128 Å². The van der Waals surface area contributed by atoms with Crippen molar-refractivity contribution in [1.82, 2.24) is 30.7 Å². The Morgan fingerprint density at radius 2 is 0.906 bits per heavy atom. The highest BCUT2D eigenvalue weighted by atomic mass is 16.7. The van der Waals surface area contributed by atoms with E-state index in [1.807, 2.05) is 83.1 Å². The van der Waals surface area contributed by atoms with E-state index in [0.29, 0.717) is 58.8 Å². The Hall–Kier alpha value is -3.17. The van der Waals surface area contributed by atoms with Crippen molar-refractivity contribution in [3.63, 3.8) is 0 Å². The third kappa shape index (κ3) is 26.7. The summed E-state index contributed by atoms with van der Waals surface area (Å²) in [7, 11) is 0. The topological polar surface area (TPSA) is 205 Å². The molecule has 19 nitrogen and oxygen atoms in total. The van der Waals surface area contributed by atoms with Crippen LogP contribution in [0.2, 0.25) is 0 Å². The molecule has 5 amide bonds. The molecule has 0 aromatic rings. The van der Waals surface area contributed by atoms with Crippen molar-refractivity contribution >= 4 is 29.7 Å². The molecule has 0 aromatic heterocycles. The number of rotatable bonds is 26. The SMILES string of the molecule is CC(C)OCCC(=O)N1CCCC1C(=O)NCOC(C)C.CC(C)OCCOCCN1CCCC1C(=O)NCOC(C)C.CC(C)OCNC(=O)C1CCCN1C(=O)OCOC(C)C. The molecule has 0 spiro atoms. The molecular weight excluding hydrogens is 833 g/mol. The standard InChI is InChI=1S/C16H32N2O4.C15H28N2O4.C14H26N2O5/c1-13(2)21-11-10-20-9-8-18-7-5-6-15(18)16(19)17-12-22-14(3)4;1-11(2)20-9-7-14(18)17-8-5-6-13(17)15(19)16-10-21-12(3)4;1-10(2)19-8-15-13(17)12-6-5-7-16(12)14(18)21-9-20-11(3)4/h13-15H,5-12H2,1-4H3,(H,17,19);11-13H,5-10H2,1-4H3,(H,16,19);10-12H,5-9H2,1-4H3,(H,15,17). The number of hydrogen-bond acceptors (Lipinski definition) is 14. The Morgan fingerprint density at radius 1 is 0.484 bits per heavy atom. The van der Waals surface area contributed by atoms with Crippen molar-refractivity contribution in [2.24, 2.45) is 0 Å². The molecule has 0 radical (unpaired) electrons. The number of ether oxygens (including phenoxy) is 8. The second kappa shape index (κ2) is 34.2. The van der Waals surface area contributed by atoms with Crippen molar-refractivity contribution < 1.29 is 61.9 Å². The first-order chi connectivity index (χ1) is 30.3. The molecule has 19 heteroatoms. The molecule has 374 valence electrons. The average molecular weight is 919 g/mol. The van der Waals surface area contributed by atoms with Crippen LogP contribution in [0.5, 0.6) is 0 Å². The van der Waals surface area contributed by atoms with Gasteiger partial charge in [0.25, 0.3) is 0 Å². The summed E-state index contributed by atoms with van der Waals surface area (Å²) in [6, 6.07) is -0.911. The summed E-state index contributed by atoms with van der Waals surface area (Å²) in [5.74, 6) is -0.305. The minimum Gasteiger partial charge on any atom is -0.422 e. The number of carbonyl (C=O) groups excluding carboxylic acids is 5. The second-order valence-corrected chi connectivity index (χ2v) is 17.4. The molecule has 3 atom stereocenters. The molecule has 3 aliphatic rings. The fourth-order valence-electron chi connectivity index (χ4n) is 6.63. The van der Waals surface area contributed by atoms with Gasteiger partial charge in [0.05, 0.1) is 75.5 Å².